The Hall–Kier alpha value is -0.830. The zero-order valence-corrected chi connectivity index (χ0v) is 11.3. The zero-order valence-electron chi connectivity index (χ0n) is 11.3. The predicted molar refractivity (Wildman–Crippen MR) is 67.6 cm³/mol. The molecule has 0 fully saturated rings. The van der Waals surface area contributed by atoms with E-state index >= 15 is 0 Å². The summed E-state index contributed by atoms with van der Waals surface area (Å²) in [5.74, 6) is -0.0763. The van der Waals surface area contributed by atoms with Crippen molar-refractivity contribution in [1.82, 2.24) is 0 Å². The van der Waals surface area contributed by atoms with Gasteiger partial charge in [-0.05, 0) is 40.0 Å². The summed E-state index contributed by atoms with van der Waals surface area (Å²) < 4.78 is 5.31. The molecule has 98 valence electrons. The summed E-state index contributed by atoms with van der Waals surface area (Å²) in [7, 11) is 0. The minimum Gasteiger partial charge on any atom is -0.460 e. The number of ether oxygens (including phenoxy) is 1. The molecule has 2 unspecified atom stereocenters. The van der Waals surface area contributed by atoms with Crippen LogP contribution in [0.3, 0.4) is 0 Å². The maximum atomic E-state index is 11.8. The number of hydrogen-bond acceptors (Lipinski definition) is 3. The second-order valence-corrected chi connectivity index (χ2v) is 5.70. The molecule has 0 spiro atoms. The number of allylic oxidation sites excluding steroid dienone is 1. The highest BCUT2D eigenvalue weighted by Crippen LogP contribution is 2.30. The Morgan fingerprint density at radius 2 is 2.18 bits per heavy atom. The largest absolute Gasteiger partial charge is 0.460 e. The predicted octanol–water partition coefficient (Wildman–Crippen LogP) is 2.83. The fourth-order valence-corrected chi connectivity index (χ4v) is 2.32. The van der Waals surface area contributed by atoms with Crippen molar-refractivity contribution in [2.75, 3.05) is 0 Å². The third kappa shape index (κ3) is 4.50. The first-order valence-corrected chi connectivity index (χ1v) is 6.42. The first kappa shape index (κ1) is 14.2. The van der Waals surface area contributed by atoms with E-state index in [1.54, 1.807) is 0 Å². The minimum absolute atomic E-state index is 0.122. The lowest BCUT2D eigenvalue weighted by molar-refractivity contribution is -0.154. The molecule has 3 heteroatoms. The second kappa shape index (κ2) is 5.67. The van der Waals surface area contributed by atoms with Gasteiger partial charge >= 0.3 is 5.97 Å². The van der Waals surface area contributed by atoms with Crippen LogP contribution in [-0.2, 0) is 9.53 Å². The molecule has 17 heavy (non-hydrogen) atoms. The number of hydrogen-bond donors (Lipinski definition) is 1. The van der Waals surface area contributed by atoms with Gasteiger partial charge in [-0.15, -0.1) is 0 Å². The van der Waals surface area contributed by atoms with E-state index in [1.807, 2.05) is 27.7 Å². The molecule has 1 N–H and O–H groups in total. The Morgan fingerprint density at radius 3 is 2.71 bits per heavy atom. The number of aliphatic hydroxyl groups excluding tert-OH is 1. The van der Waals surface area contributed by atoms with E-state index in [4.69, 9.17) is 4.74 Å². The van der Waals surface area contributed by atoms with Crippen LogP contribution < -0.4 is 0 Å². The van der Waals surface area contributed by atoms with Crippen molar-refractivity contribution >= 4 is 5.97 Å². The monoisotopic (exact) mass is 240 g/mol. The van der Waals surface area contributed by atoms with E-state index < -0.39 is 5.60 Å². The summed E-state index contributed by atoms with van der Waals surface area (Å²) in [6.45, 7) is 7.65. The van der Waals surface area contributed by atoms with Crippen LogP contribution in [-0.4, -0.2) is 22.8 Å². The van der Waals surface area contributed by atoms with Crippen molar-refractivity contribution < 1.29 is 14.6 Å². The van der Waals surface area contributed by atoms with Crippen LogP contribution in [0.2, 0.25) is 0 Å². The van der Waals surface area contributed by atoms with E-state index in [1.165, 1.54) is 0 Å². The summed E-state index contributed by atoms with van der Waals surface area (Å²) in [5, 5.41) is 9.89. The maximum absolute atomic E-state index is 11.8. The lowest BCUT2D eigenvalue weighted by atomic mass is 9.82. The van der Waals surface area contributed by atoms with Gasteiger partial charge in [0, 0.05) is 5.92 Å². The molecule has 0 saturated heterocycles. The molecule has 0 aliphatic heterocycles. The van der Waals surface area contributed by atoms with Gasteiger partial charge in [0.1, 0.15) is 5.60 Å². The number of rotatable bonds is 3. The number of aliphatic hydroxyl groups is 1. The Bertz CT molecular complexity index is 299. The summed E-state index contributed by atoms with van der Waals surface area (Å²) in [6, 6.07) is 0. The third-order valence-corrected chi connectivity index (χ3v) is 3.02. The Balaban J connectivity index is 2.61. The highest BCUT2D eigenvalue weighted by atomic mass is 16.6. The van der Waals surface area contributed by atoms with Crippen molar-refractivity contribution in [3.63, 3.8) is 0 Å². The average Bonchev–Trinajstić information content (AvgIpc) is 2.14. The first-order valence-electron chi connectivity index (χ1n) is 6.42. The first-order chi connectivity index (χ1) is 7.83. The van der Waals surface area contributed by atoms with Crippen LogP contribution in [0.1, 0.15) is 53.4 Å². The molecule has 0 aromatic carbocycles. The summed E-state index contributed by atoms with van der Waals surface area (Å²) in [4.78, 5) is 11.8. The van der Waals surface area contributed by atoms with Gasteiger partial charge in [0.05, 0.1) is 12.5 Å². The molecule has 3 nitrogen and oxygen atoms in total. The Morgan fingerprint density at radius 1 is 1.53 bits per heavy atom. The molecule has 1 aliphatic rings. The smallest absolute Gasteiger partial charge is 0.310 e. The van der Waals surface area contributed by atoms with Crippen LogP contribution in [0, 0.1) is 5.92 Å². The van der Waals surface area contributed by atoms with E-state index in [9.17, 15) is 9.90 Å². The summed E-state index contributed by atoms with van der Waals surface area (Å²) in [5.41, 5.74) is 0.604. The third-order valence-electron chi connectivity index (χ3n) is 3.02. The van der Waals surface area contributed by atoms with Crippen molar-refractivity contribution in [2.45, 2.75) is 65.1 Å². The number of carbonyl (C=O) groups excluding carboxylic acids is 1. The highest BCUT2D eigenvalue weighted by Gasteiger charge is 2.27. The second-order valence-electron chi connectivity index (χ2n) is 5.70. The van der Waals surface area contributed by atoms with E-state index in [2.05, 4.69) is 6.08 Å². The fourth-order valence-electron chi connectivity index (χ4n) is 2.32. The molecular weight excluding hydrogens is 216 g/mol. The van der Waals surface area contributed by atoms with E-state index in [0.717, 1.165) is 24.8 Å². The molecule has 0 amide bonds. The molecule has 0 aromatic rings. The molecule has 1 rings (SSSR count). The van der Waals surface area contributed by atoms with Gasteiger partial charge < -0.3 is 9.84 Å². The average molecular weight is 240 g/mol. The maximum Gasteiger partial charge on any atom is 0.310 e. The lowest BCUT2D eigenvalue weighted by Crippen LogP contribution is -2.29. The Kier molecular flexibility index (Phi) is 4.75. The molecule has 0 bridgehead atoms. The Labute approximate surface area is 104 Å². The van der Waals surface area contributed by atoms with Gasteiger partial charge in [0.15, 0.2) is 0 Å². The van der Waals surface area contributed by atoms with Crippen molar-refractivity contribution in [3.8, 4) is 0 Å². The lowest BCUT2D eigenvalue weighted by Gasteiger charge is -2.29. The van der Waals surface area contributed by atoms with Gasteiger partial charge in [0.2, 0.25) is 0 Å². The highest BCUT2D eigenvalue weighted by molar-refractivity contribution is 5.73. The van der Waals surface area contributed by atoms with Gasteiger partial charge in [-0.25, -0.2) is 0 Å². The van der Waals surface area contributed by atoms with Crippen LogP contribution in [0.15, 0.2) is 11.6 Å². The fraction of sp³-hybridized carbons (Fsp3) is 0.786. The van der Waals surface area contributed by atoms with E-state index in [-0.39, 0.29) is 18.0 Å². The molecular formula is C14H24O3. The zero-order chi connectivity index (χ0) is 13.1. The van der Waals surface area contributed by atoms with Crippen LogP contribution in [0.5, 0.6) is 0 Å². The quantitative estimate of drug-likeness (QED) is 0.609. The molecule has 1 aliphatic carbocycles. The van der Waals surface area contributed by atoms with Gasteiger partial charge in [0.25, 0.3) is 0 Å². The summed E-state index contributed by atoms with van der Waals surface area (Å²) in [6.07, 6.45) is 4.63. The van der Waals surface area contributed by atoms with E-state index in [0.29, 0.717) is 6.42 Å². The molecule has 2 atom stereocenters. The van der Waals surface area contributed by atoms with Crippen molar-refractivity contribution in [2.24, 2.45) is 5.92 Å². The normalized spacial score (nSPS) is 25.4. The van der Waals surface area contributed by atoms with Gasteiger partial charge in [-0.3, -0.25) is 4.79 Å². The molecule has 0 aromatic heterocycles. The van der Waals surface area contributed by atoms with Crippen LogP contribution >= 0.6 is 0 Å². The minimum atomic E-state index is -0.438. The van der Waals surface area contributed by atoms with Crippen molar-refractivity contribution in [3.05, 3.63) is 11.6 Å². The standard InChI is InChI=1S/C14H24O3/c1-5-11-10(7-6-8-12(11)15)9-13(16)17-14(2,3)4/h7,11-12,15H,5-6,8-9H2,1-4H3. The molecule has 0 heterocycles. The van der Waals surface area contributed by atoms with Gasteiger partial charge in [-0.2, -0.15) is 0 Å². The topological polar surface area (TPSA) is 46.5 Å². The van der Waals surface area contributed by atoms with Gasteiger partial charge in [-0.1, -0.05) is 18.6 Å². The number of esters is 1. The van der Waals surface area contributed by atoms with Crippen LogP contribution in [0.4, 0.5) is 0 Å². The molecule has 0 radical (unpaired) electrons. The SMILES string of the molecule is CCC1C(CC(=O)OC(C)(C)C)=CCCC1O. The van der Waals surface area contributed by atoms with Crippen molar-refractivity contribution in [1.29, 1.82) is 0 Å². The summed E-state index contributed by atoms with van der Waals surface area (Å²) >= 11 is 0. The number of carbonyl (C=O) groups is 1. The molecule has 0 saturated carbocycles. The van der Waals surface area contributed by atoms with Crippen LogP contribution in [0.25, 0.3) is 0 Å².